The molecule has 0 aromatic heterocycles. The van der Waals surface area contributed by atoms with Crippen LogP contribution in [0.5, 0.6) is 17.2 Å². The zero-order chi connectivity index (χ0) is 19.0. The molecule has 0 aliphatic heterocycles. The molecule has 142 valence electrons. The largest absolute Gasteiger partial charge is 0.504 e. The molecule has 0 aliphatic carbocycles. The fourth-order valence-electron chi connectivity index (χ4n) is 2.82. The van der Waals surface area contributed by atoms with Gasteiger partial charge in [-0.3, -0.25) is 4.55 Å². The summed E-state index contributed by atoms with van der Waals surface area (Å²) in [5.74, 6) is 0.380. The number of unbranched alkanes of at least 4 members (excludes halogenated alkanes) is 5. The normalized spacial score (nSPS) is 11.5. The monoisotopic (exact) mass is 378 g/mol. The van der Waals surface area contributed by atoms with Crippen molar-refractivity contribution in [2.24, 2.45) is 0 Å². The van der Waals surface area contributed by atoms with Gasteiger partial charge in [-0.1, -0.05) is 57.2 Å². The summed E-state index contributed by atoms with van der Waals surface area (Å²) in [4.78, 5) is -0.260. The summed E-state index contributed by atoms with van der Waals surface area (Å²) in [6, 6.07) is 11.5. The van der Waals surface area contributed by atoms with Crippen LogP contribution in [0.25, 0.3) is 0 Å². The Balaban J connectivity index is 2.18. The van der Waals surface area contributed by atoms with Crippen molar-refractivity contribution < 1.29 is 22.8 Å². The minimum atomic E-state index is -4.41. The zero-order valence-corrected chi connectivity index (χ0v) is 15.8. The van der Waals surface area contributed by atoms with Gasteiger partial charge in [0.05, 0.1) is 0 Å². The van der Waals surface area contributed by atoms with Gasteiger partial charge in [-0.25, -0.2) is 0 Å². The molecule has 0 unspecified atom stereocenters. The number of ether oxygens (including phenoxy) is 1. The van der Waals surface area contributed by atoms with Crippen molar-refractivity contribution in [1.29, 1.82) is 0 Å². The van der Waals surface area contributed by atoms with Gasteiger partial charge in [-0.15, -0.1) is 0 Å². The first-order valence-electron chi connectivity index (χ1n) is 8.98. The van der Waals surface area contributed by atoms with E-state index in [1.807, 2.05) is 6.07 Å². The number of hydrogen-bond donors (Lipinski definition) is 2. The molecule has 0 saturated carbocycles. The second-order valence-electron chi connectivity index (χ2n) is 6.34. The smallest absolute Gasteiger partial charge is 0.294 e. The van der Waals surface area contributed by atoms with Gasteiger partial charge in [0, 0.05) is 6.07 Å². The average molecular weight is 378 g/mol. The minimum absolute atomic E-state index is 0.171. The molecule has 0 atom stereocenters. The molecule has 0 fully saturated rings. The van der Waals surface area contributed by atoms with Crippen LogP contribution in [-0.2, 0) is 16.5 Å². The third-order valence-corrected chi connectivity index (χ3v) is 5.13. The highest BCUT2D eigenvalue weighted by atomic mass is 32.2. The van der Waals surface area contributed by atoms with Crippen LogP contribution in [0.15, 0.2) is 47.4 Å². The number of aromatic hydroxyl groups is 1. The first-order chi connectivity index (χ1) is 12.4. The van der Waals surface area contributed by atoms with E-state index >= 15 is 0 Å². The summed E-state index contributed by atoms with van der Waals surface area (Å²) in [6.07, 6.45) is 6.92. The van der Waals surface area contributed by atoms with E-state index in [1.165, 1.54) is 25.3 Å². The maximum Gasteiger partial charge on any atom is 0.294 e. The van der Waals surface area contributed by atoms with Gasteiger partial charge >= 0.3 is 0 Å². The second kappa shape index (κ2) is 9.59. The maximum atomic E-state index is 11.7. The molecule has 0 amide bonds. The van der Waals surface area contributed by atoms with Gasteiger partial charge in [-0.2, -0.15) is 8.42 Å². The Morgan fingerprint density at radius 1 is 0.962 bits per heavy atom. The van der Waals surface area contributed by atoms with E-state index in [-0.39, 0.29) is 16.4 Å². The topological polar surface area (TPSA) is 83.8 Å². The summed E-state index contributed by atoms with van der Waals surface area (Å²) >= 11 is 0. The predicted molar refractivity (Wildman–Crippen MR) is 102 cm³/mol. The lowest BCUT2D eigenvalue weighted by molar-refractivity contribution is 0.407. The van der Waals surface area contributed by atoms with Gasteiger partial charge in [0.1, 0.15) is 10.6 Å². The van der Waals surface area contributed by atoms with E-state index in [9.17, 15) is 18.1 Å². The fraction of sp³-hybridized carbons (Fsp3) is 0.400. The van der Waals surface area contributed by atoms with Crippen LogP contribution in [-0.4, -0.2) is 18.1 Å². The molecule has 6 heteroatoms. The Kier molecular flexibility index (Phi) is 7.48. The quantitative estimate of drug-likeness (QED) is 0.431. The van der Waals surface area contributed by atoms with Gasteiger partial charge in [-0.05, 0) is 36.6 Å². The maximum absolute atomic E-state index is 11.7. The van der Waals surface area contributed by atoms with E-state index < -0.39 is 10.1 Å². The van der Waals surface area contributed by atoms with Crippen LogP contribution in [0.2, 0.25) is 0 Å². The molecule has 0 heterocycles. The first kappa shape index (κ1) is 20.3. The molecule has 2 aromatic rings. The highest BCUT2D eigenvalue weighted by Gasteiger charge is 2.19. The van der Waals surface area contributed by atoms with E-state index in [4.69, 9.17) is 4.74 Å². The Labute approximate surface area is 155 Å². The van der Waals surface area contributed by atoms with Crippen molar-refractivity contribution in [3.63, 3.8) is 0 Å². The van der Waals surface area contributed by atoms with Gasteiger partial charge in [0.2, 0.25) is 0 Å². The SMILES string of the molecule is CCCCCCCCc1cc(Oc2ccccc2)c(O)cc1S(=O)(=O)O. The summed E-state index contributed by atoms with van der Waals surface area (Å²) in [6.45, 7) is 2.16. The Bertz CT molecular complexity index is 800. The highest BCUT2D eigenvalue weighted by Crippen LogP contribution is 2.35. The van der Waals surface area contributed by atoms with Crippen molar-refractivity contribution in [3.05, 3.63) is 48.0 Å². The lowest BCUT2D eigenvalue weighted by Gasteiger charge is -2.13. The Morgan fingerprint density at radius 2 is 1.62 bits per heavy atom. The average Bonchev–Trinajstić information content (AvgIpc) is 2.60. The highest BCUT2D eigenvalue weighted by molar-refractivity contribution is 7.85. The van der Waals surface area contributed by atoms with E-state index in [0.717, 1.165) is 25.3 Å². The van der Waals surface area contributed by atoms with Crippen molar-refractivity contribution in [2.75, 3.05) is 0 Å². The summed E-state index contributed by atoms with van der Waals surface area (Å²) in [7, 11) is -4.41. The lowest BCUT2D eigenvalue weighted by atomic mass is 10.0. The van der Waals surface area contributed by atoms with Gasteiger partial charge < -0.3 is 9.84 Å². The predicted octanol–water partition coefficient (Wildman–Crippen LogP) is 5.33. The lowest BCUT2D eigenvalue weighted by Crippen LogP contribution is -2.04. The van der Waals surface area contributed by atoms with E-state index in [1.54, 1.807) is 24.3 Å². The third kappa shape index (κ3) is 6.04. The molecular weight excluding hydrogens is 352 g/mol. The number of aryl methyl sites for hydroxylation is 1. The number of rotatable bonds is 10. The second-order valence-corrected chi connectivity index (χ2v) is 7.73. The van der Waals surface area contributed by atoms with Crippen molar-refractivity contribution in [1.82, 2.24) is 0 Å². The van der Waals surface area contributed by atoms with Gasteiger partial charge in [0.15, 0.2) is 11.5 Å². The standard InChI is InChI=1S/C20H26O5S/c1-2-3-4-5-6-8-11-16-14-19(25-17-12-9-7-10-13-17)18(21)15-20(16)26(22,23)24/h7,9-10,12-15,21H,2-6,8,11H2,1H3,(H,22,23,24). The van der Waals surface area contributed by atoms with Crippen LogP contribution in [0.4, 0.5) is 0 Å². The van der Waals surface area contributed by atoms with Crippen LogP contribution in [0.3, 0.4) is 0 Å². The molecule has 5 nitrogen and oxygen atoms in total. The molecule has 2 aromatic carbocycles. The molecule has 0 aliphatic rings. The van der Waals surface area contributed by atoms with Crippen LogP contribution < -0.4 is 4.74 Å². The summed E-state index contributed by atoms with van der Waals surface area (Å²) in [5, 5.41) is 10.1. The van der Waals surface area contributed by atoms with Crippen LogP contribution in [0.1, 0.15) is 51.0 Å². The van der Waals surface area contributed by atoms with Crippen molar-refractivity contribution in [2.45, 2.75) is 56.8 Å². The molecule has 0 radical (unpaired) electrons. The van der Waals surface area contributed by atoms with Crippen LogP contribution >= 0.6 is 0 Å². The Morgan fingerprint density at radius 3 is 2.27 bits per heavy atom. The Hall–Kier alpha value is -2.05. The number of para-hydroxylation sites is 1. The molecule has 26 heavy (non-hydrogen) atoms. The molecule has 0 bridgehead atoms. The van der Waals surface area contributed by atoms with Crippen LogP contribution in [0, 0.1) is 0 Å². The molecule has 0 spiro atoms. The van der Waals surface area contributed by atoms with E-state index in [2.05, 4.69) is 6.92 Å². The number of hydrogen-bond acceptors (Lipinski definition) is 4. The third-order valence-electron chi connectivity index (χ3n) is 4.19. The number of benzene rings is 2. The summed E-state index contributed by atoms with van der Waals surface area (Å²) in [5.41, 5.74) is 0.451. The van der Waals surface area contributed by atoms with Gasteiger partial charge in [0.25, 0.3) is 10.1 Å². The van der Waals surface area contributed by atoms with Crippen molar-refractivity contribution in [3.8, 4) is 17.2 Å². The molecular formula is C20H26O5S. The number of phenolic OH excluding ortho intramolecular Hbond substituents is 1. The fourth-order valence-corrected chi connectivity index (χ4v) is 3.57. The summed E-state index contributed by atoms with van der Waals surface area (Å²) < 4.78 is 38.4. The first-order valence-corrected chi connectivity index (χ1v) is 10.4. The minimum Gasteiger partial charge on any atom is -0.504 e. The number of phenols is 1. The molecule has 2 N–H and O–H groups in total. The zero-order valence-electron chi connectivity index (χ0n) is 15.0. The molecule has 2 rings (SSSR count). The van der Waals surface area contributed by atoms with E-state index in [0.29, 0.717) is 17.7 Å². The van der Waals surface area contributed by atoms with Crippen molar-refractivity contribution >= 4 is 10.1 Å². The molecule has 0 saturated heterocycles.